The summed E-state index contributed by atoms with van der Waals surface area (Å²) >= 11 is 5.80. The minimum Gasteiger partial charge on any atom is -0.309 e. The van der Waals surface area contributed by atoms with Gasteiger partial charge in [-0.1, -0.05) is 25.4 Å². The minimum absolute atomic E-state index is 0.0421. The SMILES string of the molecule is CC(=O)N1c2ccc(S(=O)(=O)N[C@@H](C(=O)Nc3ccc(Cl)cn3)C(C)C)cc2C[C@H]1C. The lowest BCUT2D eigenvalue weighted by atomic mass is 10.1. The minimum atomic E-state index is -3.98. The molecule has 0 fully saturated rings. The molecule has 0 saturated carbocycles. The van der Waals surface area contributed by atoms with Crippen LogP contribution >= 0.6 is 11.6 Å². The monoisotopic (exact) mass is 464 g/mol. The Hall–Kier alpha value is -2.49. The third-order valence-electron chi connectivity index (χ3n) is 5.13. The number of hydrogen-bond acceptors (Lipinski definition) is 5. The fourth-order valence-electron chi connectivity index (χ4n) is 3.64. The Bertz CT molecular complexity index is 1100. The molecule has 0 unspecified atom stereocenters. The molecule has 10 heteroatoms. The number of amides is 2. The predicted molar refractivity (Wildman–Crippen MR) is 120 cm³/mol. The molecule has 1 aromatic carbocycles. The largest absolute Gasteiger partial charge is 0.309 e. The van der Waals surface area contributed by atoms with Crippen molar-refractivity contribution in [3.8, 4) is 0 Å². The molecule has 1 aliphatic rings. The molecule has 166 valence electrons. The van der Waals surface area contributed by atoms with Gasteiger partial charge in [-0.25, -0.2) is 13.4 Å². The van der Waals surface area contributed by atoms with Crippen LogP contribution in [0, 0.1) is 5.92 Å². The standard InChI is InChI=1S/C21H25ClN4O4S/c1-12(2)20(21(28)24-19-8-5-16(22)11-23-19)25-31(29,30)17-6-7-18-15(10-17)9-13(3)26(18)14(4)27/h5-8,10-13,20,25H,9H2,1-4H3,(H,23,24,28)/t13-,20-/m1/s1. The number of sulfonamides is 1. The van der Waals surface area contributed by atoms with E-state index in [4.69, 9.17) is 11.6 Å². The third-order valence-corrected chi connectivity index (χ3v) is 6.79. The maximum atomic E-state index is 13.0. The number of benzene rings is 1. The maximum Gasteiger partial charge on any atom is 0.243 e. The maximum absolute atomic E-state index is 13.0. The molecule has 3 rings (SSSR count). The van der Waals surface area contributed by atoms with Gasteiger partial charge in [-0.05, 0) is 55.2 Å². The molecule has 0 saturated heterocycles. The van der Waals surface area contributed by atoms with Crippen molar-refractivity contribution < 1.29 is 18.0 Å². The van der Waals surface area contributed by atoms with Crippen LogP contribution in [0.3, 0.4) is 0 Å². The molecule has 0 spiro atoms. The van der Waals surface area contributed by atoms with E-state index in [-0.39, 0.29) is 28.6 Å². The summed E-state index contributed by atoms with van der Waals surface area (Å²) in [7, 11) is -3.98. The molecule has 8 nitrogen and oxygen atoms in total. The zero-order valence-electron chi connectivity index (χ0n) is 17.7. The van der Waals surface area contributed by atoms with E-state index in [2.05, 4.69) is 15.0 Å². The van der Waals surface area contributed by atoms with E-state index >= 15 is 0 Å². The van der Waals surface area contributed by atoms with Gasteiger partial charge in [0, 0.05) is 24.8 Å². The molecule has 0 radical (unpaired) electrons. The van der Waals surface area contributed by atoms with Gasteiger partial charge in [0.25, 0.3) is 0 Å². The van der Waals surface area contributed by atoms with Crippen LogP contribution < -0.4 is 14.9 Å². The first-order chi connectivity index (χ1) is 14.5. The lowest BCUT2D eigenvalue weighted by molar-refractivity contribution is -0.119. The lowest BCUT2D eigenvalue weighted by Gasteiger charge is -2.22. The zero-order chi connectivity index (χ0) is 22.9. The summed E-state index contributed by atoms with van der Waals surface area (Å²) in [5, 5.41) is 3.03. The van der Waals surface area contributed by atoms with Crippen molar-refractivity contribution in [1.82, 2.24) is 9.71 Å². The molecule has 1 aliphatic heterocycles. The van der Waals surface area contributed by atoms with Crippen molar-refractivity contribution in [2.45, 2.75) is 51.1 Å². The number of aromatic nitrogens is 1. The van der Waals surface area contributed by atoms with Crippen LogP contribution in [-0.4, -0.2) is 37.3 Å². The van der Waals surface area contributed by atoms with E-state index in [1.807, 2.05) is 6.92 Å². The topological polar surface area (TPSA) is 108 Å². The Morgan fingerprint density at radius 1 is 1.23 bits per heavy atom. The summed E-state index contributed by atoms with van der Waals surface area (Å²) < 4.78 is 28.6. The summed E-state index contributed by atoms with van der Waals surface area (Å²) in [6.45, 7) is 6.89. The molecule has 2 N–H and O–H groups in total. The zero-order valence-corrected chi connectivity index (χ0v) is 19.3. The average molecular weight is 465 g/mol. The quantitative estimate of drug-likeness (QED) is 0.683. The summed E-state index contributed by atoms with van der Waals surface area (Å²) in [4.78, 5) is 30.4. The van der Waals surface area contributed by atoms with Gasteiger partial charge in [0.2, 0.25) is 21.8 Å². The molecule has 0 bridgehead atoms. The van der Waals surface area contributed by atoms with Crippen LogP contribution in [0.25, 0.3) is 0 Å². The molecular weight excluding hydrogens is 440 g/mol. The molecule has 2 amide bonds. The Morgan fingerprint density at radius 3 is 2.52 bits per heavy atom. The molecule has 2 atom stereocenters. The van der Waals surface area contributed by atoms with Gasteiger partial charge in [0.15, 0.2) is 0 Å². The number of nitrogens with one attached hydrogen (secondary N) is 2. The fourth-order valence-corrected chi connectivity index (χ4v) is 5.14. The molecule has 31 heavy (non-hydrogen) atoms. The fraction of sp³-hybridized carbons (Fsp3) is 0.381. The average Bonchev–Trinajstić information content (AvgIpc) is 3.02. The molecular formula is C21H25ClN4O4S. The van der Waals surface area contributed by atoms with Gasteiger partial charge in [0.1, 0.15) is 11.9 Å². The second-order valence-electron chi connectivity index (χ2n) is 7.93. The summed E-state index contributed by atoms with van der Waals surface area (Å²) in [6.07, 6.45) is 1.95. The highest BCUT2D eigenvalue weighted by Gasteiger charge is 2.32. The van der Waals surface area contributed by atoms with Crippen molar-refractivity contribution >= 4 is 44.9 Å². The van der Waals surface area contributed by atoms with E-state index in [9.17, 15) is 18.0 Å². The van der Waals surface area contributed by atoms with Gasteiger partial charge in [-0.15, -0.1) is 0 Å². The smallest absolute Gasteiger partial charge is 0.243 e. The summed E-state index contributed by atoms with van der Waals surface area (Å²) in [5.74, 6) is -0.655. The van der Waals surface area contributed by atoms with Gasteiger partial charge >= 0.3 is 0 Å². The number of pyridine rings is 1. The Labute approximate surface area is 187 Å². The van der Waals surface area contributed by atoms with Crippen molar-refractivity contribution in [3.05, 3.63) is 47.1 Å². The van der Waals surface area contributed by atoms with Crippen molar-refractivity contribution in [2.24, 2.45) is 5.92 Å². The Kier molecular flexibility index (Phi) is 6.68. The van der Waals surface area contributed by atoms with Gasteiger partial charge < -0.3 is 10.2 Å². The van der Waals surface area contributed by atoms with Crippen LogP contribution in [0.4, 0.5) is 11.5 Å². The lowest BCUT2D eigenvalue weighted by Crippen LogP contribution is -2.47. The first-order valence-corrected chi connectivity index (χ1v) is 11.7. The summed E-state index contributed by atoms with van der Waals surface area (Å²) in [5.41, 5.74) is 1.49. The van der Waals surface area contributed by atoms with Crippen molar-refractivity contribution in [1.29, 1.82) is 0 Å². The number of hydrogen-bond donors (Lipinski definition) is 2. The highest BCUT2D eigenvalue weighted by Crippen LogP contribution is 2.34. The van der Waals surface area contributed by atoms with Crippen LogP contribution in [0.1, 0.15) is 33.3 Å². The van der Waals surface area contributed by atoms with E-state index in [0.717, 1.165) is 5.56 Å². The van der Waals surface area contributed by atoms with Crippen LogP contribution in [0.2, 0.25) is 5.02 Å². The Morgan fingerprint density at radius 2 is 1.94 bits per heavy atom. The molecule has 2 aromatic rings. The highest BCUT2D eigenvalue weighted by molar-refractivity contribution is 7.89. The summed E-state index contributed by atoms with van der Waals surface area (Å²) in [6, 6.07) is 6.71. The normalized spacial score (nSPS) is 16.8. The van der Waals surface area contributed by atoms with Crippen LogP contribution in [-0.2, 0) is 26.0 Å². The molecule has 2 heterocycles. The van der Waals surface area contributed by atoms with E-state index < -0.39 is 22.0 Å². The number of halogens is 1. The van der Waals surface area contributed by atoms with Crippen molar-refractivity contribution in [3.63, 3.8) is 0 Å². The number of carbonyl (C=O) groups excluding carboxylic acids is 2. The van der Waals surface area contributed by atoms with E-state index in [1.165, 1.54) is 25.3 Å². The molecule has 0 aliphatic carbocycles. The second kappa shape index (κ2) is 8.94. The first-order valence-electron chi connectivity index (χ1n) is 9.87. The van der Waals surface area contributed by atoms with Crippen LogP contribution in [0.5, 0.6) is 0 Å². The van der Waals surface area contributed by atoms with E-state index in [1.54, 1.807) is 36.9 Å². The van der Waals surface area contributed by atoms with E-state index in [0.29, 0.717) is 17.1 Å². The second-order valence-corrected chi connectivity index (χ2v) is 10.1. The molecule has 1 aromatic heterocycles. The number of rotatable bonds is 6. The Balaban J connectivity index is 1.82. The van der Waals surface area contributed by atoms with Crippen LogP contribution in [0.15, 0.2) is 41.4 Å². The van der Waals surface area contributed by atoms with Crippen molar-refractivity contribution in [2.75, 3.05) is 10.2 Å². The predicted octanol–water partition coefficient (Wildman–Crippen LogP) is 2.97. The number of carbonyl (C=O) groups is 2. The number of fused-ring (bicyclic) bond motifs is 1. The number of anilines is 2. The highest BCUT2D eigenvalue weighted by atomic mass is 35.5. The van der Waals surface area contributed by atoms with Gasteiger partial charge in [-0.3, -0.25) is 9.59 Å². The number of nitrogens with zero attached hydrogens (tertiary/aromatic N) is 2. The van der Waals surface area contributed by atoms with Gasteiger partial charge in [-0.2, -0.15) is 4.72 Å². The van der Waals surface area contributed by atoms with Gasteiger partial charge in [0.05, 0.1) is 9.92 Å². The third kappa shape index (κ3) is 5.06. The first kappa shape index (κ1) is 23.2.